The van der Waals surface area contributed by atoms with Crippen LogP contribution in [0, 0.1) is 5.92 Å². The van der Waals surface area contributed by atoms with Crippen molar-refractivity contribution in [2.45, 2.75) is 10.8 Å². The van der Waals surface area contributed by atoms with Crippen LogP contribution < -0.4 is 14.2 Å². The lowest BCUT2D eigenvalue weighted by molar-refractivity contribution is -0.144. The molecule has 0 aliphatic heterocycles. The molecular formula is C15H16Cl2O6. The number of esters is 1. The Morgan fingerprint density at radius 2 is 1.65 bits per heavy atom. The first kappa shape index (κ1) is 17.7. The van der Waals surface area contributed by atoms with Crippen molar-refractivity contribution in [2.24, 2.45) is 5.92 Å². The van der Waals surface area contributed by atoms with Crippen LogP contribution in [-0.2, 0) is 9.53 Å². The second kappa shape index (κ2) is 6.84. The molecule has 2 rings (SSSR count). The van der Waals surface area contributed by atoms with E-state index in [1.54, 1.807) is 0 Å². The summed E-state index contributed by atoms with van der Waals surface area (Å²) in [5, 5.41) is 0. The highest BCUT2D eigenvalue weighted by atomic mass is 35.5. The maximum absolute atomic E-state index is 12.2. The molecule has 1 fully saturated rings. The molecule has 0 heterocycles. The fourth-order valence-corrected chi connectivity index (χ4v) is 2.52. The molecular weight excluding hydrogens is 347 g/mol. The molecule has 0 spiro atoms. The molecule has 6 nitrogen and oxygen atoms in total. The topological polar surface area (TPSA) is 71.1 Å². The summed E-state index contributed by atoms with van der Waals surface area (Å²) in [6.07, 6.45) is 0.327. The van der Waals surface area contributed by atoms with Gasteiger partial charge in [-0.2, -0.15) is 0 Å². The van der Waals surface area contributed by atoms with Crippen molar-refractivity contribution in [1.82, 2.24) is 0 Å². The van der Waals surface area contributed by atoms with Gasteiger partial charge in [0.1, 0.15) is 4.33 Å². The highest BCUT2D eigenvalue weighted by Crippen LogP contribution is 2.53. The fourth-order valence-electron chi connectivity index (χ4n) is 2.03. The van der Waals surface area contributed by atoms with Crippen LogP contribution >= 0.6 is 23.2 Å². The number of rotatable bonds is 7. The molecule has 1 atom stereocenters. The van der Waals surface area contributed by atoms with Gasteiger partial charge < -0.3 is 18.9 Å². The van der Waals surface area contributed by atoms with Crippen molar-refractivity contribution in [1.29, 1.82) is 0 Å². The van der Waals surface area contributed by atoms with Gasteiger partial charge in [-0.1, -0.05) is 0 Å². The predicted molar refractivity (Wildman–Crippen MR) is 83.9 cm³/mol. The number of halogens is 2. The Kier molecular flexibility index (Phi) is 5.26. The number of hydrogen-bond donors (Lipinski definition) is 0. The van der Waals surface area contributed by atoms with Gasteiger partial charge in [0.2, 0.25) is 11.5 Å². The lowest BCUT2D eigenvalue weighted by atomic mass is 10.1. The Labute approximate surface area is 143 Å². The SMILES string of the molecule is COc1cc(C(=O)COC(=O)[C@@H]2CC2(Cl)Cl)cc(OC)c1OC. The van der Waals surface area contributed by atoms with Crippen LogP contribution in [0.15, 0.2) is 12.1 Å². The molecule has 1 saturated carbocycles. The molecule has 23 heavy (non-hydrogen) atoms. The first-order valence-corrected chi connectivity index (χ1v) is 7.47. The predicted octanol–water partition coefficient (Wildman–Crippen LogP) is 2.63. The van der Waals surface area contributed by atoms with E-state index in [0.717, 1.165) is 0 Å². The van der Waals surface area contributed by atoms with Crippen LogP contribution in [0.1, 0.15) is 16.8 Å². The lowest BCUT2D eigenvalue weighted by Crippen LogP contribution is -2.17. The first-order valence-electron chi connectivity index (χ1n) is 6.71. The van der Waals surface area contributed by atoms with Gasteiger partial charge >= 0.3 is 5.97 Å². The third-order valence-electron chi connectivity index (χ3n) is 3.44. The summed E-state index contributed by atoms with van der Waals surface area (Å²) in [6, 6.07) is 2.98. The van der Waals surface area contributed by atoms with E-state index in [9.17, 15) is 9.59 Å². The van der Waals surface area contributed by atoms with Crippen LogP contribution in [0.4, 0.5) is 0 Å². The van der Waals surface area contributed by atoms with Gasteiger partial charge in [-0.25, -0.2) is 0 Å². The molecule has 0 unspecified atom stereocenters. The summed E-state index contributed by atoms with van der Waals surface area (Å²) >= 11 is 11.6. The maximum Gasteiger partial charge on any atom is 0.312 e. The van der Waals surface area contributed by atoms with Crippen LogP contribution in [-0.4, -0.2) is 44.0 Å². The van der Waals surface area contributed by atoms with Crippen LogP contribution in [0.5, 0.6) is 17.2 Å². The molecule has 0 radical (unpaired) electrons. The van der Waals surface area contributed by atoms with Crippen LogP contribution in [0.2, 0.25) is 0 Å². The molecule has 1 aliphatic rings. The van der Waals surface area contributed by atoms with Gasteiger partial charge in [0.05, 0.1) is 27.2 Å². The van der Waals surface area contributed by atoms with Crippen molar-refractivity contribution in [3.63, 3.8) is 0 Å². The van der Waals surface area contributed by atoms with E-state index in [4.69, 9.17) is 42.1 Å². The zero-order valence-electron chi connectivity index (χ0n) is 12.9. The van der Waals surface area contributed by atoms with E-state index >= 15 is 0 Å². The zero-order chi connectivity index (χ0) is 17.2. The van der Waals surface area contributed by atoms with Gasteiger partial charge in [0, 0.05) is 5.56 Å². The summed E-state index contributed by atoms with van der Waals surface area (Å²) < 4.78 is 19.4. The van der Waals surface area contributed by atoms with Crippen molar-refractivity contribution >= 4 is 35.0 Å². The molecule has 0 saturated heterocycles. The standard InChI is InChI=1S/C15H16Cl2O6/c1-20-11-4-8(5-12(21-2)13(11)22-3)10(18)7-23-14(19)9-6-15(9,16)17/h4-5,9H,6-7H2,1-3H3/t9-/m0/s1. The van der Waals surface area contributed by atoms with Gasteiger partial charge in [0.25, 0.3) is 0 Å². The summed E-state index contributed by atoms with van der Waals surface area (Å²) in [5.41, 5.74) is 0.270. The minimum absolute atomic E-state index is 0.270. The van der Waals surface area contributed by atoms with E-state index in [0.29, 0.717) is 23.7 Å². The molecule has 1 aromatic carbocycles. The zero-order valence-corrected chi connectivity index (χ0v) is 14.4. The summed E-state index contributed by atoms with van der Waals surface area (Å²) in [4.78, 5) is 23.9. The highest BCUT2D eigenvalue weighted by molar-refractivity contribution is 6.52. The Hall–Kier alpha value is -1.66. The number of carbonyl (C=O) groups is 2. The minimum atomic E-state index is -1.08. The Balaban J connectivity index is 2.08. The molecule has 8 heteroatoms. The number of Topliss-reactive ketones (excluding diaryl/α,β-unsaturated/α-hetero) is 1. The average molecular weight is 363 g/mol. The average Bonchev–Trinajstić information content (AvgIpc) is 3.19. The van der Waals surface area contributed by atoms with Crippen LogP contribution in [0.3, 0.4) is 0 Å². The van der Waals surface area contributed by atoms with Crippen molar-refractivity contribution in [3.8, 4) is 17.2 Å². The summed E-state index contributed by atoms with van der Waals surface area (Å²) in [5.74, 6) is -0.536. The third kappa shape index (κ3) is 3.82. The Morgan fingerprint density at radius 1 is 1.13 bits per heavy atom. The molecule has 1 aromatic rings. The van der Waals surface area contributed by atoms with Gasteiger partial charge in [0.15, 0.2) is 18.1 Å². The quantitative estimate of drug-likeness (QED) is 0.421. The molecule has 0 aromatic heterocycles. The number of carbonyl (C=O) groups excluding carboxylic acids is 2. The van der Waals surface area contributed by atoms with E-state index < -0.39 is 28.6 Å². The maximum atomic E-state index is 12.2. The van der Waals surface area contributed by atoms with E-state index in [2.05, 4.69) is 0 Å². The van der Waals surface area contributed by atoms with Gasteiger partial charge in [-0.05, 0) is 18.6 Å². The number of methoxy groups -OCH3 is 3. The number of benzene rings is 1. The van der Waals surface area contributed by atoms with Crippen LogP contribution in [0.25, 0.3) is 0 Å². The monoisotopic (exact) mass is 362 g/mol. The number of ether oxygens (including phenoxy) is 4. The van der Waals surface area contributed by atoms with E-state index in [1.165, 1.54) is 33.5 Å². The smallest absolute Gasteiger partial charge is 0.312 e. The first-order chi connectivity index (χ1) is 10.8. The minimum Gasteiger partial charge on any atom is -0.493 e. The second-order valence-electron chi connectivity index (χ2n) is 4.96. The van der Waals surface area contributed by atoms with E-state index in [1.807, 2.05) is 0 Å². The number of hydrogen-bond acceptors (Lipinski definition) is 6. The largest absolute Gasteiger partial charge is 0.493 e. The highest BCUT2D eigenvalue weighted by Gasteiger charge is 2.57. The van der Waals surface area contributed by atoms with Crippen molar-refractivity contribution < 1.29 is 28.5 Å². The van der Waals surface area contributed by atoms with Crippen molar-refractivity contribution in [2.75, 3.05) is 27.9 Å². The fraction of sp³-hybridized carbons (Fsp3) is 0.467. The molecule has 0 N–H and O–H groups in total. The van der Waals surface area contributed by atoms with Crippen molar-refractivity contribution in [3.05, 3.63) is 17.7 Å². The molecule has 0 bridgehead atoms. The van der Waals surface area contributed by atoms with E-state index in [-0.39, 0.29) is 5.56 Å². The molecule has 126 valence electrons. The molecule has 1 aliphatic carbocycles. The third-order valence-corrected chi connectivity index (χ3v) is 4.28. The Bertz CT molecular complexity index is 603. The normalized spacial score (nSPS) is 18.0. The summed E-state index contributed by atoms with van der Waals surface area (Å²) in [7, 11) is 4.35. The lowest BCUT2D eigenvalue weighted by Gasteiger charge is -2.13. The number of alkyl halides is 2. The van der Waals surface area contributed by atoms with Gasteiger partial charge in [-0.3, -0.25) is 9.59 Å². The van der Waals surface area contributed by atoms with Gasteiger partial charge in [-0.15, -0.1) is 23.2 Å². The number of ketones is 1. The summed E-state index contributed by atoms with van der Waals surface area (Å²) in [6.45, 7) is -0.419. The second-order valence-corrected chi connectivity index (χ2v) is 6.51. The Morgan fingerprint density at radius 3 is 2.04 bits per heavy atom. The molecule has 0 amide bonds.